The Morgan fingerprint density at radius 1 is 1.00 bits per heavy atom. The molecule has 2 amide bonds. The molecule has 7 heteroatoms. The fourth-order valence-corrected chi connectivity index (χ4v) is 2.34. The fourth-order valence-electron chi connectivity index (χ4n) is 2.34. The number of para-hydroxylation sites is 1. The number of rotatable bonds is 6. The highest BCUT2D eigenvalue weighted by atomic mass is 16.5. The number of esters is 1. The molecule has 0 aliphatic heterocycles. The summed E-state index contributed by atoms with van der Waals surface area (Å²) in [5, 5.41) is 2.77. The zero-order valence-electron chi connectivity index (χ0n) is 15.7. The van der Waals surface area contributed by atoms with E-state index in [4.69, 9.17) is 9.47 Å². The van der Waals surface area contributed by atoms with Gasteiger partial charge < -0.3 is 19.7 Å². The number of methoxy groups -OCH3 is 1. The maximum absolute atomic E-state index is 12.7. The summed E-state index contributed by atoms with van der Waals surface area (Å²) in [7, 11) is 4.55. The van der Waals surface area contributed by atoms with Gasteiger partial charge in [-0.05, 0) is 36.8 Å². The van der Waals surface area contributed by atoms with Gasteiger partial charge in [0.05, 0.1) is 18.2 Å². The van der Waals surface area contributed by atoms with Gasteiger partial charge in [-0.3, -0.25) is 9.59 Å². The summed E-state index contributed by atoms with van der Waals surface area (Å²) in [6.45, 7) is 1.55. The van der Waals surface area contributed by atoms with E-state index in [0.29, 0.717) is 22.6 Å². The van der Waals surface area contributed by atoms with E-state index in [0.717, 1.165) is 0 Å². The first-order valence-corrected chi connectivity index (χ1v) is 8.26. The van der Waals surface area contributed by atoms with Gasteiger partial charge >= 0.3 is 5.97 Å². The monoisotopic (exact) mass is 370 g/mol. The predicted molar refractivity (Wildman–Crippen MR) is 101 cm³/mol. The topological polar surface area (TPSA) is 84.9 Å². The molecule has 2 rings (SSSR count). The first-order valence-electron chi connectivity index (χ1n) is 8.26. The molecule has 0 radical (unpaired) electrons. The molecule has 7 nitrogen and oxygen atoms in total. The molecule has 27 heavy (non-hydrogen) atoms. The highest BCUT2D eigenvalue weighted by Gasteiger charge is 2.17. The lowest BCUT2D eigenvalue weighted by Crippen LogP contribution is -2.28. The van der Waals surface area contributed by atoms with Crippen molar-refractivity contribution in [3.63, 3.8) is 0 Å². The number of carbonyl (C=O) groups is 3. The number of hydrogen-bond acceptors (Lipinski definition) is 5. The number of anilines is 1. The van der Waals surface area contributed by atoms with E-state index in [1.165, 1.54) is 12.0 Å². The van der Waals surface area contributed by atoms with Crippen LogP contribution < -0.4 is 10.1 Å². The van der Waals surface area contributed by atoms with Crippen LogP contribution in [0.15, 0.2) is 42.5 Å². The van der Waals surface area contributed by atoms with Crippen molar-refractivity contribution in [3.05, 3.63) is 59.2 Å². The summed E-state index contributed by atoms with van der Waals surface area (Å²) in [6.07, 6.45) is 0. The van der Waals surface area contributed by atoms with Crippen molar-refractivity contribution in [1.82, 2.24) is 4.90 Å². The van der Waals surface area contributed by atoms with Crippen LogP contribution in [0.4, 0.5) is 5.69 Å². The molecule has 0 aliphatic carbocycles. The zero-order valence-corrected chi connectivity index (χ0v) is 15.7. The smallest absolute Gasteiger partial charge is 0.338 e. The minimum atomic E-state index is -0.477. The number of ether oxygens (including phenoxy) is 2. The predicted octanol–water partition coefficient (Wildman–Crippen LogP) is 2.50. The lowest BCUT2D eigenvalue weighted by molar-refractivity contribution is -0.130. The summed E-state index contributed by atoms with van der Waals surface area (Å²) in [5.41, 5.74) is 1.74. The Balaban J connectivity index is 2.22. The second-order valence-corrected chi connectivity index (χ2v) is 6.00. The standard InChI is InChI=1S/C20H22N2O5/c1-13-14(20(25)26-4)9-7-10-16(13)21-19(24)15-8-5-6-11-17(15)27-12-18(23)22(2)3/h5-11H,12H2,1-4H3,(H,21,24). The third-order valence-electron chi connectivity index (χ3n) is 3.97. The third kappa shape index (κ3) is 4.84. The lowest BCUT2D eigenvalue weighted by Gasteiger charge is -2.15. The Hall–Kier alpha value is -3.35. The van der Waals surface area contributed by atoms with Crippen LogP contribution in [-0.4, -0.2) is 50.5 Å². The summed E-state index contributed by atoms with van der Waals surface area (Å²) in [4.78, 5) is 37.6. The quantitative estimate of drug-likeness (QED) is 0.790. The third-order valence-corrected chi connectivity index (χ3v) is 3.97. The van der Waals surface area contributed by atoms with Crippen molar-refractivity contribution in [2.75, 3.05) is 33.1 Å². The second-order valence-electron chi connectivity index (χ2n) is 6.00. The van der Waals surface area contributed by atoms with Crippen molar-refractivity contribution in [2.24, 2.45) is 0 Å². The van der Waals surface area contributed by atoms with Crippen LogP contribution in [0.1, 0.15) is 26.3 Å². The Kier molecular flexibility index (Phi) is 6.54. The normalized spacial score (nSPS) is 10.1. The second kappa shape index (κ2) is 8.84. The maximum atomic E-state index is 12.7. The van der Waals surface area contributed by atoms with Gasteiger partial charge in [0.15, 0.2) is 6.61 Å². The summed E-state index contributed by atoms with van der Waals surface area (Å²) in [6, 6.07) is 11.6. The van der Waals surface area contributed by atoms with Crippen LogP contribution in [0.5, 0.6) is 5.75 Å². The Morgan fingerprint density at radius 3 is 2.33 bits per heavy atom. The molecule has 142 valence electrons. The zero-order chi connectivity index (χ0) is 20.0. The number of benzene rings is 2. The number of carbonyl (C=O) groups excluding carboxylic acids is 3. The molecule has 0 heterocycles. The highest BCUT2D eigenvalue weighted by molar-refractivity contribution is 6.07. The van der Waals surface area contributed by atoms with E-state index in [1.54, 1.807) is 63.5 Å². The SMILES string of the molecule is COC(=O)c1cccc(NC(=O)c2ccccc2OCC(=O)N(C)C)c1C. The largest absolute Gasteiger partial charge is 0.483 e. The number of hydrogen-bond donors (Lipinski definition) is 1. The van der Waals surface area contributed by atoms with Gasteiger partial charge in [0.2, 0.25) is 0 Å². The van der Waals surface area contributed by atoms with Crippen molar-refractivity contribution >= 4 is 23.5 Å². The minimum absolute atomic E-state index is 0.172. The number of nitrogens with zero attached hydrogens (tertiary/aromatic N) is 1. The number of likely N-dealkylation sites (N-methyl/N-ethyl adjacent to an activating group) is 1. The molecule has 1 N–H and O–H groups in total. The van der Waals surface area contributed by atoms with Gasteiger partial charge in [0.1, 0.15) is 5.75 Å². The molecule has 0 saturated carbocycles. The van der Waals surface area contributed by atoms with Gasteiger partial charge in [0.25, 0.3) is 11.8 Å². The Labute approximate surface area is 157 Å². The van der Waals surface area contributed by atoms with Crippen LogP contribution in [0.2, 0.25) is 0 Å². The number of nitrogens with one attached hydrogen (secondary N) is 1. The first-order chi connectivity index (χ1) is 12.8. The number of amides is 2. The molecule has 0 aliphatic rings. The van der Waals surface area contributed by atoms with Crippen LogP contribution in [-0.2, 0) is 9.53 Å². The Bertz CT molecular complexity index is 861. The van der Waals surface area contributed by atoms with Crippen LogP contribution in [0, 0.1) is 6.92 Å². The molecule has 0 aromatic heterocycles. The molecule has 0 bridgehead atoms. The molecule has 0 unspecified atom stereocenters. The van der Waals surface area contributed by atoms with Crippen LogP contribution in [0.25, 0.3) is 0 Å². The van der Waals surface area contributed by atoms with Crippen molar-refractivity contribution in [3.8, 4) is 5.75 Å². The van der Waals surface area contributed by atoms with E-state index >= 15 is 0 Å². The van der Waals surface area contributed by atoms with E-state index in [1.807, 2.05) is 0 Å². The average Bonchev–Trinajstić information content (AvgIpc) is 2.67. The minimum Gasteiger partial charge on any atom is -0.483 e. The highest BCUT2D eigenvalue weighted by Crippen LogP contribution is 2.23. The molecule has 2 aromatic carbocycles. The first kappa shape index (κ1) is 20.0. The fraction of sp³-hybridized carbons (Fsp3) is 0.250. The molecular weight excluding hydrogens is 348 g/mol. The van der Waals surface area contributed by atoms with Gasteiger partial charge in [-0.15, -0.1) is 0 Å². The molecule has 2 aromatic rings. The Morgan fingerprint density at radius 2 is 1.67 bits per heavy atom. The van der Waals surface area contributed by atoms with Crippen molar-refractivity contribution in [2.45, 2.75) is 6.92 Å². The summed E-state index contributed by atoms with van der Waals surface area (Å²) >= 11 is 0. The maximum Gasteiger partial charge on any atom is 0.338 e. The molecule has 0 atom stereocenters. The van der Waals surface area contributed by atoms with E-state index in [2.05, 4.69) is 5.32 Å². The molecule has 0 saturated heterocycles. The average molecular weight is 370 g/mol. The molecule has 0 fully saturated rings. The van der Waals surface area contributed by atoms with Gasteiger partial charge in [-0.2, -0.15) is 0 Å². The lowest BCUT2D eigenvalue weighted by atomic mass is 10.1. The van der Waals surface area contributed by atoms with Crippen LogP contribution in [0.3, 0.4) is 0 Å². The summed E-state index contributed by atoms with van der Waals surface area (Å²) < 4.78 is 10.2. The van der Waals surface area contributed by atoms with Gasteiger partial charge in [0, 0.05) is 19.8 Å². The van der Waals surface area contributed by atoms with Crippen molar-refractivity contribution < 1.29 is 23.9 Å². The van der Waals surface area contributed by atoms with E-state index in [9.17, 15) is 14.4 Å². The van der Waals surface area contributed by atoms with Crippen LogP contribution >= 0.6 is 0 Å². The van der Waals surface area contributed by atoms with Gasteiger partial charge in [-0.1, -0.05) is 18.2 Å². The van der Waals surface area contributed by atoms with E-state index in [-0.39, 0.29) is 18.1 Å². The van der Waals surface area contributed by atoms with Crippen molar-refractivity contribution in [1.29, 1.82) is 0 Å². The summed E-state index contributed by atoms with van der Waals surface area (Å²) in [5.74, 6) is -0.804. The van der Waals surface area contributed by atoms with E-state index < -0.39 is 11.9 Å². The van der Waals surface area contributed by atoms with Gasteiger partial charge in [-0.25, -0.2) is 4.79 Å². The molecule has 0 spiro atoms. The molecular formula is C20H22N2O5.